The van der Waals surface area contributed by atoms with Crippen LogP contribution >= 0.6 is 0 Å². The fourth-order valence-electron chi connectivity index (χ4n) is 6.50. The Labute approximate surface area is 206 Å². The van der Waals surface area contributed by atoms with Crippen LogP contribution in [0.25, 0.3) is 0 Å². The van der Waals surface area contributed by atoms with Gasteiger partial charge >= 0.3 is 12.3 Å². The highest BCUT2D eigenvalue weighted by molar-refractivity contribution is 5.68. The van der Waals surface area contributed by atoms with E-state index in [0.717, 1.165) is 58.9 Å². The number of carbonyl (C=O) groups is 1. The third kappa shape index (κ3) is 4.99. The van der Waals surface area contributed by atoms with Crippen LogP contribution in [-0.4, -0.2) is 91.5 Å². The molecular formula is C26H37F3N4O2. The number of anilines is 1. The van der Waals surface area contributed by atoms with Crippen molar-refractivity contribution in [3.05, 3.63) is 29.3 Å². The average Bonchev–Trinajstić information content (AvgIpc) is 3.49. The summed E-state index contributed by atoms with van der Waals surface area (Å²) >= 11 is 0. The van der Waals surface area contributed by atoms with Gasteiger partial charge in [-0.1, -0.05) is 12.1 Å². The number of rotatable bonds is 4. The second-order valence-corrected chi connectivity index (χ2v) is 11.3. The quantitative estimate of drug-likeness (QED) is 0.626. The Kier molecular flexibility index (Phi) is 6.45. The molecule has 4 fully saturated rings. The van der Waals surface area contributed by atoms with E-state index in [-0.39, 0.29) is 5.41 Å². The van der Waals surface area contributed by atoms with Crippen molar-refractivity contribution in [3.8, 4) is 0 Å². The van der Waals surface area contributed by atoms with E-state index in [1.165, 1.54) is 28.1 Å². The molecule has 4 aliphatic heterocycles. The number of benzene rings is 1. The standard InChI is InChI=1S/C26H37F3N4O2/c1-18-4-5-20(23(12-18)33-16-21-13-22(33)15-30(21)3)14-31-9-6-25(17-31)7-10-32(11-8-25)24(34)35-19(2)26(27,28)29/h4-5,12,19,21-22H,6-11,13-17H2,1-3H3. The largest absolute Gasteiger partial charge is 0.437 e. The molecule has 0 aromatic heterocycles. The topological polar surface area (TPSA) is 39.3 Å². The molecule has 1 aromatic carbocycles. The molecule has 194 valence electrons. The molecule has 0 N–H and O–H groups in total. The predicted molar refractivity (Wildman–Crippen MR) is 128 cm³/mol. The molecule has 4 saturated heterocycles. The number of piperidine rings is 1. The summed E-state index contributed by atoms with van der Waals surface area (Å²) in [6.45, 7) is 9.07. The van der Waals surface area contributed by atoms with Gasteiger partial charge in [-0.3, -0.25) is 9.80 Å². The number of alkyl halides is 3. The first-order valence-electron chi connectivity index (χ1n) is 12.8. The van der Waals surface area contributed by atoms with Gasteiger partial charge in [-0.05, 0) is 75.7 Å². The van der Waals surface area contributed by atoms with Gasteiger partial charge in [-0.2, -0.15) is 13.2 Å². The summed E-state index contributed by atoms with van der Waals surface area (Å²) < 4.78 is 42.9. The summed E-state index contributed by atoms with van der Waals surface area (Å²) in [7, 11) is 2.23. The van der Waals surface area contributed by atoms with Crippen molar-refractivity contribution < 1.29 is 22.7 Å². The van der Waals surface area contributed by atoms with E-state index >= 15 is 0 Å². The molecule has 35 heavy (non-hydrogen) atoms. The highest BCUT2D eigenvalue weighted by Gasteiger charge is 2.45. The Morgan fingerprint density at radius 2 is 1.86 bits per heavy atom. The minimum atomic E-state index is -4.53. The van der Waals surface area contributed by atoms with Crippen molar-refractivity contribution in [2.45, 2.75) is 70.4 Å². The van der Waals surface area contributed by atoms with E-state index in [9.17, 15) is 18.0 Å². The van der Waals surface area contributed by atoms with Gasteiger partial charge in [0, 0.05) is 57.0 Å². The maximum Gasteiger partial charge on any atom is 0.425 e. The summed E-state index contributed by atoms with van der Waals surface area (Å²) in [6.07, 6.45) is -3.54. The molecule has 0 saturated carbocycles. The molecule has 3 atom stereocenters. The summed E-state index contributed by atoms with van der Waals surface area (Å²) in [5, 5.41) is 0. The number of aryl methyl sites for hydroxylation is 1. The summed E-state index contributed by atoms with van der Waals surface area (Å²) in [4.78, 5) is 21.3. The Hall–Kier alpha value is -2.00. The number of fused-ring (bicyclic) bond motifs is 2. The number of halogens is 3. The number of hydrogen-bond donors (Lipinski definition) is 0. The number of ether oxygens (including phenoxy) is 1. The van der Waals surface area contributed by atoms with Crippen LogP contribution in [0.15, 0.2) is 18.2 Å². The van der Waals surface area contributed by atoms with Gasteiger partial charge in [0.05, 0.1) is 0 Å². The number of likely N-dealkylation sites (tertiary alicyclic amines) is 3. The number of amides is 1. The zero-order valence-corrected chi connectivity index (χ0v) is 21.0. The first-order valence-corrected chi connectivity index (χ1v) is 12.8. The van der Waals surface area contributed by atoms with Crippen LogP contribution in [0.4, 0.5) is 23.7 Å². The fraction of sp³-hybridized carbons (Fsp3) is 0.731. The average molecular weight is 495 g/mol. The van der Waals surface area contributed by atoms with Crippen molar-refractivity contribution in [1.29, 1.82) is 0 Å². The van der Waals surface area contributed by atoms with Gasteiger partial charge in [0.1, 0.15) is 0 Å². The van der Waals surface area contributed by atoms with Crippen LogP contribution in [0, 0.1) is 12.3 Å². The second-order valence-electron chi connectivity index (χ2n) is 11.3. The lowest BCUT2D eigenvalue weighted by molar-refractivity contribution is -0.200. The minimum Gasteiger partial charge on any atom is -0.437 e. The third-order valence-electron chi connectivity index (χ3n) is 8.80. The maximum absolute atomic E-state index is 12.7. The Morgan fingerprint density at radius 3 is 2.49 bits per heavy atom. The predicted octanol–water partition coefficient (Wildman–Crippen LogP) is 4.26. The van der Waals surface area contributed by atoms with Crippen LogP contribution in [0.3, 0.4) is 0 Å². The van der Waals surface area contributed by atoms with Gasteiger partial charge in [0.2, 0.25) is 0 Å². The number of carbonyl (C=O) groups excluding carboxylic acids is 1. The van der Waals surface area contributed by atoms with Gasteiger partial charge < -0.3 is 14.5 Å². The lowest BCUT2D eigenvalue weighted by Crippen LogP contribution is -2.46. The van der Waals surface area contributed by atoms with Crippen molar-refractivity contribution in [1.82, 2.24) is 14.7 Å². The highest BCUT2D eigenvalue weighted by Crippen LogP contribution is 2.42. The van der Waals surface area contributed by atoms with E-state index in [1.54, 1.807) is 0 Å². The van der Waals surface area contributed by atoms with E-state index in [1.807, 2.05) is 0 Å². The first-order chi connectivity index (χ1) is 16.5. The Balaban J connectivity index is 1.18. The molecule has 2 bridgehead atoms. The van der Waals surface area contributed by atoms with Crippen molar-refractivity contribution in [3.63, 3.8) is 0 Å². The lowest BCUT2D eigenvalue weighted by Gasteiger charge is -2.39. The zero-order valence-electron chi connectivity index (χ0n) is 21.0. The van der Waals surface area contributed by atoms with Crippen molar-refractivity contribution >= 4 is 11.8 Å². The Bertz CT molecular complexity index is 945. The summed E-state index contributed by atoms with van der Waals surface area (Å²) in [5.41, 5.74) is 4.18. The second kappa shape index (κ2) is 9.14. The molecule has 0 aliphatic carbocycles. The number of likely N-dealkylation sites (N-methyl/N-ethyl adjacent to an activating group) is 1. The Morgan fingerprint density at radius 1 is 1.14 bits per heavy atom. The molecule has 5 rings (SSSR count). The molecule has 9 heteroatoms. The van der Waals surface area contributed by atoms with Crippen LogP contribution in [0.1, 0.15) is 43.7 Å². The van der Waals surface area contributed by atoms with Crippen LogP contribution in [0.5, 0.6) is 0 Å². The monoisotopic (exact) mass is 494 g/mol. The third-order valence-corrected chi connectivity index (χ3v) is 8.80. The van der Waals surface area contributed by atoms with E-state index in [4.69, 9.17) is 0 Å². The molecule has 4 aliphatic rings. The lowest BCUT2D eigenvalue weighted by atomic mass is 9.78. The van der Waals surface area contributed by atoms with Crippen molar-refractivity contribution in [2.24, 2.45) is 5.41 Å². The molecule has 4 heterocycles. The van der Waals surface area contributed by atoms with Gasteiger partial charge in [-0.25, -0.2) is 4.79 Å². The number of hydrogen-bond acceptors (Lipinski definition) is 5. The summed E-state index contributed by atoms with van der Waals surface area (Å²) in [5.74, 6) is 0. The smallest absolute Gasteiger partial charge is 0.425 e. The maximum atomic E-state index is 12.7. The zero-order chi connectivity index (χ0) is 25.0. The molecule has 6 nitrogen and oxygen atoms in total. The molecule has 3 unspecified atom stereocenters. The first kappa shape index (κ1) is 24.7. The van der Waals surface area contributed by atoms with Crippen LogP contribution in [0.2, 0.25) is 0 Å². The number of piperazine rings is 1. The SMILES string of the molecule is Cc1ccc(CN2CCC3(CCN(C(=O)OC(C)C(F)(F)F)CC3)C2)c(N2CC3CC2CN3C)c1. The highest BCUT2D eigenvalue weighted by atomic mass is 19.4. The normalized spacial score (nSPS) is 27.7. The van der Waals surface area contributed by atoms with Crippen molar-refractivity contribution in [2.75, 3.05) is 51.2 Å². The molecule has 1 aromatic rings. The molecule has 1 amide bonds. The van der Waals surface area contributed by atoms with Crippen LogP contribution in [-0.2, 0) is 11.3 Å². The summed E-state index contributed by atoms with van der Waals surface area (Å²) in [6, 6.07) is 8.08. The van der Waals surface area contributed by atoms with Gasteiger partial charge in [-0.15, -0.1) is 0 Å². The van der Waals surface area contributed by atoms with Crippen LogP contribution < -0.4 is 4.90 Å². The molecular weight excluding hydrogens is 457 g/mol. The fourth-order valence-corrected chi connectivity index (χ4v) is 6.50. The van der Waals surface area contributed by atoms with E-state index < -0.39 is 18.4 Å². The minimum absolute atomic E-state index is 0.132. The van der Waals surface area contributed by atoms with E-state index in [0.29, 0.717) is 25.2 Å². The molecule has 0 radical (unpaired) electrons. The van der Waals surface area contributed by atoms with Gasteiger partial charge in [0.25, 0.3) is 0 Å². The molecule has 1 spiro atoms. The van der Waals surface area contributed by atoms with Gasteiger partial charge in [0.15, 0.2) is 6.10 Å². The van der Waals surface area contributed by atoms with E-state index in [2.05, 4.69) is 51.6 Å². The number of nitrogens with zero attached hydrogens (tertiary/aromatic N) is 4.